The van der Waals surface area contributed by atoms with Crippen molar-refractivity contribution in [3.8, 4) is 0 Å². The third-order valence-electron chi connectivity index (χ3n) is 2.85. The molecule has 1 aliphatic heterocycles. The highest BCUT2D eigenvalue weighted by molar-refractivity contribution is 6.04. The maximum atomic E-state index is 12.0. The van der Waals surface area contributed by atoms with E-state index in [4.69, 9.17) is 9.84 Å². The summed E-state index contributed by atoms with van der Waals surface area (Å²) in [6, 6.07) is 4.08. The van der Waals surface area contributed by atoms with Gasteiger partial charge in [-0.1, -0.05) is 0 Å². The maximum Gasteiger partial charge on any atom is 0.335 e. The van der Waals surface area contributed by atoms with Crippen molar-refractivity contribution in [2.24, 2.45) is 0 Å². The Bertz CT molecular complexity index is 549. The fourth-order valence-corrected chi connectivity index (χ4v) is 1.83. The lowest BCUT2D eigenvalue weighted by Crippen LogP contribution is -2.43. The summed E-state index contributed by atoms with van der Waals surface area (Å²) in [5.74, 6) is -1.26. The number of rotatable bonds is 3. The van der Waals surface area contributed by atoms with Crippen molar-refractivity contribution in [1.29, 1.82) is 0 Å². The molecular formula is C14H18N2O4. The first kappa shape index (κ1) is 14.3. The number of carboxylic acid groups (broad SMARTS) is 1. The minimum Gasteiger partial charge on any atom is -0.478 e. The minimum absolute atomic E-state index is 0.134. The molecule has 0 saturated carbocycles. The number of ether oxygens (including phenoxy) is 1. The van der Waals surface area contributed by atoms with Crippen molar-refractivity contribution in [3.05, 3.63) is 23.8 Å². The lowest BCUT2D eigenvalue weighted by atomic mass is 10.1. The van der Waals surface area contributed by atoms with Crippen molar-refractivity contribution in [3.63, 3.8) is 0 Å². The molecule has 1 aliphatic rings. The molecule has 1 unspecified atom stereocenters. The van der Waals surface area contributed by atoms with Crippen LogP contribution in [-0.2, 0) is 9.53 Å². The smallest absolute Gasteiger partial charge is 0.335 e. The van der Waals surface area contributed by atoms with E-state index in [9.17, 15) is 9.59 Å². The van der Waals surface area contributed by atoms with Crippen molar-refractivity contribution in [2.75, 3.05) is 17.2 Å². The van der Waals surface area contributed by atoms with Gasteiger partial charge in [-0.05, 0) is 39.0 Å². The molecule has 6 nitrogen and oxygen atoms in total. The first-order valence-corrected chi connectivity index (χ1v) is 6.35. The Balaban J connectivity index is 2.13. The van der Waals surface area contributed by atoms with Crippen LogP contribution >= 0.6 is 0 Å². The number of carboxylic acids is 1. The van der Waals surface area contributed by atoms with Gasteiger partial charge in [0.2, 0.25) is 5.91 Å². The van der Waals surface area contributed by atoms with Crippen molar-refractivity contribution < 1.29 is 19.4 Å². The van der Waals surface area contributed by atoms with Crippen LogP contribution in [0.25, 0.3) is 0 Å². The van der Waals surface area contributed by atoms with Crippen LogP contribution in [0.2, 0.25) is 0 Å². The van der Waals surface area contributed by atoms with E-state index in [1.54, 1.807) is 6.07 Å². The molecule has 108 valence electrons. The van der Waals surface area contributed by atoms with E-state index in [0.717, 1.165) is 0 Å². The van der Waals surface area contributed by atoms with Gasteiger partial charge in [-0.15, -0.1) is 0 Å². The molecule has 0 spiro atoms. The Morgan fingerprint density at radius 2 is 2.05 bits per heavy atom. The molecular weight excluding hydrogens is 260 g/mol. The molecule has 20 heavy (non-hydrogen) atoms. The maximum absolute atomic E-state index is 12.0. The first-order valence-electron chi connectivity index (χ1n) is 6.35. The molecule has 0 aromatic heterocycles. The average Bonchev–Trinajstić information content (AvgIpc) is 2.34. The lowest BCUT2D eigenvalue weighted by Gasteiger charge is -2.29. The summed E-state index contributed by atoms with van der Waals surface area (Å²) in [7, 11) is 0. The summed E-state index contributed by atoms with van der Waals surface area (Å²) in [6.45, 7) is 6.00. The van der Waals surface area contributed by atoms with E-state index >= 15 is 0 Å². The summed E-state index contributed by atoms with van der Waals surface area (Å²) >= 11 is 0. The zero-order valence-corrected chi connectivity index (χ0v) is 11.7. The standard InChI is InChI=1S/C14H18N2O4/c1-14(2,3)20-7-11-12(17)16-10-6-8(13(18)19)4-5-9(10)15-11/h4-6,11,15H,7H2,1-3H3,(H,16,17)(H,18,19). The Morgan fingerprint density at radius 1 is 1.35 bits per heavy atom. The van der Waals surface area contributed by atoms with E-state index in [-0.39, 0.29) is 23.7 Å². The number of carbonyl (C=O) groups is 2. The van der Waals surface area contributed by atoms with Crippen LogP contribution in [0.15, 0.2) is 18.2 Å². The molecule has 0 saturated heterocycles. The number of amides is 1. The molecule has 1 atom stereocenters. The highest BCUT2D eigenvalue weighted by atomic mass is 16.5. The minimum atomic E-state index is -1.03. The number of hydrogen-bond donors (Lipinski definition) is 3. The monoisotopic (exact) mass is 278 g/mol. The van der Waals surface area contributed by atoms with Crippen LogP contribution in [0.3, 0.4) is 0 Å². The average molecular weight is 278 g/mol. The van der Waals surface area contributed by atoms with Gasteiger partial charge in [0, 0.05) is 0 Å². The van der Waals surface area contributed by atoms with Crippen molar-refractivity contribution >= 4 is 23.3 Å². The van der Waals surface area contributed by atoms with Gasteiger partial charge >= 0.3 is 5.97 Å². The second-order valence-electron chi connectivity index (χ2n) is 5.68. The van der Waals surface area contributed by atoms with E-state index in [0.29, 0.717) is 11.4 Å². The summed E-state index contributed by atoms with van der Waals surface area (Å²) in [5, 5.41) is 14.7. The molecule has 0 fully saturated rings. The zero-order valence-electron chi connectivity index (χ0n) is 11.7. The van der Waals surface area contributed by atoms with E-state index in [1.807, 2.05) is 20.8 Å². The van der Waals surface area contributed by atoms with Crippen LogP contribution < -0.4 is 10.6 Å². The SMILES string of the molecule is CC(C)(C)OCC1Nc2ccc(C(=O)O)cc2NC1=O. The molecule has 1 heterocycles. The quantitative estimate of drug-likeness (QED) is 0.786. The van der Waals surface area contributed by atoms with E-state index < -0.39 is 12.0 Å². The number of benzene rings is 1. The number of nitrogens with one attached hydrogen (secondary N) is 2. The van der Waals surface area contributed by atoms with Crippen LogP contribution in [0.1, 0.15) is 31.1 Å². The van der Waals surface area contributed by atoms with Crippen LogP contribution in [0.5, 0.6) is 0 Å². The van der Waals surface area contributed by atoms with Gasteiger partial charge in [0.25, 0.3) is 0 Å². The number of aromatic carboxylic acids is 1. The fraction of sp³-hybridized carbons (Fsp3) is 0.429. The molecule has 0 radical (unpaired) electrons. The van der Waals surface area contributed by atoms with Crippen LogP contribution in [-0.4, -0.2) is 35.2 Å². The predicted octanol–water partition coefficient (Wildman–Crippen LogP) is 1.93. The molecule has 1 aromatic rings. The van der Waals surface area contributed by atoms with Gasteiger partial charge in [-0.3, -0.25) is 4.79 Å². The van der Waals surface area contributed by atoms with Gasteiger partial charge in [0.15, 0.2) is 0 Å². The van der Waals surface area contributed by atoms with Gasteiger partial charge in [-0.25, -0.2) is 4.79 Å². The number of anilines is 2. The third kappa shape index (κ3) is 3.27. The Labute approximate surface area is 117 Å². The molecule has 0 aliphatic carbocycles. The second kappa shape index (κ2) is 5.13. The van der Waals surface area contributed by atoms with Gasteiger partial charge < -0.3 is 20.5 Å². The zero-order chi connectivity index (χ0) is 14.9. The van der Waals surface area contributed by atoms with Gasteiger partial charge in [-0.2, -0.15) is 0 Å². The van der Waals surface area contributed by atoms with Crippen LogP contribution in [0.4, 0.5) is 11.4 Å². The largest absolute Gasteiger partial charge is 0.478 e. The van der Waals surface area contributed by atoms with E-state index in [1.165, 1.54) is 12.1 Å². The van der Waals surface area contributed by atoms with E-state index in [2.05, 4.69) is 10.6 Å². The molecule has 6 heteroatoms. The summed E-state index contributed by atoms with van der Waals surface area (Å²) in [4.78, 5) is 22.8. The topological polar surface area (TPSA) is 87.7 Å². The fourth-order valence-electron chi connectivity index (χ4n) is 1.83. The molecule has 2 rings (SSSR count). The molecule has 1 amide bonds. The third-order valence-corrected chi connectivity index (χ3v) is 2.85. The Morgan fingerprint density at radius 3 is 2.65 bits per heavy atom. The Kier molecular flexibility index (Phi) is 3.67. The predicted molar refractivity (Wildman–Crippen MR) is 75.1 cm³/mol. The highest BCUT2D eigenvalue weighted by Crippen LogP contribution is 2.28. The number of hydrogen-bond acceptors (Lipinski definition) is 4. The van der Waals surface area contributed by atoms with Crippen LogP contribution in [0, 0.1) is 0 Å². The first-order chi connectivity index (χ1) is 9.26. The van der Waals surface area contributed by atoms with Crippen molar-refractivity contribution in [2.45, 2.75) is 32.4 Å². The molecule has 0 bridgehead atoms. The highest BCUT2D eigenvalue weighted by Gasteiger charge is 2.27. The number of carbonyl (C=O) groups excluding carboxylic acids is 1. The summed E-state index contributed by atoms with van der Waals surface area (Å²) in [5.41, 5.74) is 0.976. The molecule has 1 aromatic carbocycles. The van der Waals surface area contributed by atoms with Crippen molar-refractivity contribution in [1.82, 2.24) is 0 Å². The second-order valence-corrected chi connectivity index (χ2v) is 5.68. The number of fused-ring (bicyclic) bond motifs is 1. The summed E-state index contributed by atoms with van der Waals surface area (Å²) < 4.78 is 5.60. The molecule has 3 N–H and O–H groups in total. The van der Waals surface area contributed by atoms with Gasteiger partial charge in [0.05, 0.1) is 29.1 Å². The summed E-state index contributed by atoms with van der Waals surface area (Å²) in [6.07, 6.45) is 0. The van der Waals surface area contributed by atoms with Gasteiger partial charge in [0.1, 0.15) is 6.04 Å². The lowest BCUT2D eigenvalue weighted by molar-refractivity contribution is -0.119. The normalized spacial score (nSPS) is 17.9. The Hall–Kier alpha value is -2.08.